The van der Waals surface area contributed by atoms with E-state index in [1.165, 1.54) is 0 Å². The van der Waals surface area contributed by atoms with E-state index in [1.807, 2.05) is 49.4 Å². The molecule has 88 valence electrons. The van der Waals surface area contributed by atoms with Crippen LogP contribution in [-0.4, -0.2) is 11.8 Å². The van der Waals surface area contributed by atoms with E-state index < -0.39 is 12.8 Å². The lowest BCUT2D eigenvalue weighted by Gasteiger charge is -2.13. The fourth-order valence-electron chi connectivity index (χ4n) is 1.95. The van der Waals surface area contributed by atoms with Crippen LogP contribution in [0.3, 0.4) is 0 Å². The summed E-state index contributed by atoms with van der Waals surface area (Å²) in [6, 6.07) is 15.4. The molecule has 17 heavy (non-hydrogen) atoms. The second-order valence-corrected chi connectivity index (χ2v) is 4.13. The Bertz CT molecular complexity index is 508. The van der Waals surface area contributed by atoms with E-state index in [2.05, 4.69) is 0 Å². The van der Waals surface area contributed by atoms with Gasteiger partial charge in [-0.05, 0) is 23.6 Å². The van der Waals surface area contributed by atoms with E-state index in [4.69, 9.17) is 0 Å². The molecule has 2 aromatic rings. The molecule has 1 nitrogen and oxygen atoms in total. The molecule has 0 aliphatic heterocycles. The van der Waals surface area contributed by atoms with Crippen molar-refractivity contribution in [2.75, 3.05) is 6.67 Å². The molecular formula is C15H15FO. The molecule has 0 fully saturated rings. The molecule has 0 aliphatic rings. The van der Waals surface area contributed by atoms with Crippen molar-refractivity contribution in [3.05, 3.63) is 59.7 Å². The summed E-state index contributed by atoms with van der Waals surface area (Å²) >= 11 is 0. The minimum atomic E-state index is -1.05. The number of hydrogen-bond acceptors (Lipinski definition) is 1. The number of aliphatic hydroxyl groups excluding tert-OH is 1. The average Bonchev–Trinajstić information content (AvgIpc) is 2.38. The second kappa shape index (κ2) is 5.11. The maximum atomic E-state index is 12.6. The molecule has 2 aromatic carbocycles. The highest BCUT2D eigenvalue weighted by molar-refractivity contribution is 5.68. The van der Waals surface area contributed by atoms with Crippen LogP contribution < -0.4 is 0 Å². The van der Waals surface area contributed by atoms with Crippen LogP contribution in [-0.2, 0) is 0 Å². The number of aliphatic hydroxyl groups is 1. The zero-order chi connectivity index (χ0) is 12.3. The Kier molecular flexibility index (Phi) is 3.55. The molecule has 0 heterocycles. The molecule has 2 rings (SSSR count). The molecule has 2 heteroatoms. The average molecular weight is 230 g/mol. The fourth-order valence-corrected chi connectivity index (χ4v) is 1.95. The van der Waals surface area contributed by atoms with E-state index in [0.717, 1.165) is 16.7 Å². The van der Waals surface area contributed by atoms with Crippen molar-refractivity contribution in [2.45, 2.75) is 13.0 Å². The van der Waals surface area contributed by atoms with Gasteiger partial charge in [0.2, 0.25) is 0 Å². The number of alkyl halides is 1. The summed E-state index contributed by atoms with van der Waals surface area (Å²) in [5.41, 5.74) is 3.68. The molecule has 1 atom stereocenters. The van der Waals surface area contributed by atoms with Crippen LogP contribution in [0.1, 0.15) is 17.2 Å². The van der Waals surface area contributed by atoms with Crippen LogP contribution in [0.4, 0.5) is 4.39 Å². The first-order valence-electron chi connectivity index (χ1n) is 5.62. The Morgan fingerprint density at radius 1 is 1.12 bits per heavy atom. The van der Waals surface area contributed by atoms with Crippen molar-refractivity contribution in [3.63, 3.8) is 0 Å². The van der Waals surface area contributed by atoms with Crippen LogP contribution in [0, 0.1) is 6.92 Å². The topological polar surface area (TPSA) is 20.2 Å². The minimum absolute atomic E-state index is 0.639. The molecule has 0 radical (unpaired) electrons. The van der Waals surface area contributed by atoms with Crippen LogP contribution in [0.15, 0.2) is 48.5 Å². The van der Waals surface area contributed by atoms with Gasteiger partial charge in [0.15, 0.2) is 0 Å². The van der Waals surface area contributed by atoms with Crippen LogP contribution >= 0.6 is 0 Å². The van der Waals surface area contributed by atoms with Gasteiger partial charge < -0.3 is 5.11 Å². The van der Waals surface area contributed by atoms with Gasteiger partial charge in [-0.25, -0.2) is 4.39 Å². The van der Waals surface area contributed by atoms with Gasteiger partial charge >= 0.3 is 0 Å². The summed E-state index contributed by atoms with van der Waals surface area (Å²) in [6.07, 6.45) is -1.05. The van der Waals surface area contributed by atoms with Gasteiger partial charge in [0, 0.05) is 0 Å². The first-order chi connectivity index (χ1) is 8.22. The molecule has 0 saturated carbocycles. The molecule has 0 aliphatic carbocycles. The molecule has 1 unspecified atom stereocenters. The molecule has 0 saturated heterocycles. The SMILES string of the molecule is Cc1cccc(-c2ccccc2C(O)CF)c1. The van der Waals surface area contributed by atoms with Gasteiger partial charge in [0.25, 0.3) is 0 Å². The van der Waals surface area contributed by atoms with Crippen molar-refractivity contribution in [1.29, 1.82) is 0 Å². The molecule has 0 amide bonds. The molecule has 1 N–H and O–H groups in total. The predicted molar refractivity (Wildman–Crippen MR) is 67.5 cm³/mol. The van der Waals surface area contributed by atoms with Gasteiger partial charge in [0.05, 0.1) is 0 Å². The number of rotatable bonds is 3. The van der Waals surface area contributed by atoms with Gasteiger partial charge in [-0.2, -0.15) is 0 Å². The van der Waals surface area contributed by atoms with Crippen molar-refractivity contribution >= 4 is 0 Å². The zero-order valence-corrected chi connectivity index (χ0v) is 9.73. The number of hydrogen-bond donors (Lipinski definition) is 1. The number of aryl methyl sites for hydroxylation is 1. The summed E-state index contributed by atoms with van der Waals surface area (Å²) in [5.74, 6) is 0. The van der Waals surface area contributed by atoms with E-state index in [1.54, 1.807) is 6.07 Å². The summed E-state index contributed by atoms with van der Waals surface area (Å²) in [6.45, 7) is 1.25. The molecule has 0 spiro atoms. The Morgan fingerprint density at radius 3 is 2.59 bits per heavy atom. The van der Waals surface area contributed by atoms with Crippen molar-refractivity contribution in [2.24, 2.45) is 0 Å². The largest absolute Gasteiger partial charge is 0.386 e. The highest BCUT2D eigenvalue weighted by Crippen LogP contribution is 2.28. The fraction of sp³-hybridized carbons (Fsp3) is 0.200. The summed E-state index contributed by atoms with van der Waals surface area (Å²) in [7, 11) is 0. The van der Waals surface area contributed by atoms with E-state index >= 15 is 0 Å². The van der Waals surface area contributed by atoms with E-state index in [-0.39, 0.29) is 0 Å². The predicted octanol–water partition coefficient (Wildman–Crippen LogP) is 3.66. The maximum Gasteiger partial charge on any atom is 0.119 e. The third-order valence-electron chi connectivity index (χ3n) is 2.80. The third kappa shape index (κ3) is 2.53. The Labute approximate surface area is 101 Å². The van der Waals surface area contributed by atoms with Crippen LogP contribution in [0.25, 0.3) is 11.1 Å². The third-order valence-corrected chi connectivity index (χ3v) is 2.80. The van der Waals surface area contributed by atoms with E-state index in [0.29, 0.717) is 5.56 Å². The number of benzene rings is 2. The summed E-state index contributed by atoms with van der Waals surface area (Å²) in [5, 5.41) is 9.67. The minimum Gasteiger partial charge on any atom is -0.386 e. The standard InChI is InChI=1S/C15H15FO/c1-11-5-4-6-12(9-11)13-7-2-3-8-14(13)15(17)10-16/h2-9,15,17H,10H2,1H3. The smallest absolute Gasteiger partial charge is 0.119 e. The first-order valence-corrected chi connectivity index (χ1v) is 5.62. The molecule has 0 bridgehead atoms. The lowest BCUT2D eigenvalue weighted by Crippen LogP contribution is -2.01. The molecule has 0 aromatic heterocycles. The van der Waals surface area contributed by atoms with Crippen molar-refractivity contribution in [1.82, 2.24) is 0 Å². The maximum absolute atomic E-state index is 12.6. The number of halogens is 1. The van der Waals surface area contributed by atoms with Gasteiger partial charge in [-0.15, -0.1) is 0 Å². The summed E-state index contributed by atoms with van der Waals surface area (Å²) in [4.78, 5) is 0. The highest BCUT2D eigenvalue weighted by atomic mass is 19.1. The van der Waals surface area contributed by atoms with Gasteiger partial charge in [0.1, 0.15) is 12.8 Å². The van der Waals surface area contributed by atoms with Gasteiger partial charge in [-0.3, -0.25) is 0 Å². The summed E-state index contributed by atoms with van der Waals surface area (Å²) < 4.78 is 12.6. The normalized spacial score (nSPS) is 12.4. The van der Waals surface area contributed by atoms with Crippen LogP contribution in [0.5, 0.6) is 0 Å². The van der Waals surface area contributed by atoms with E-state index in [9.17, 15) is 9.50 Å². The monoisotopic (exact) mass is 230 g/mol. The lowest BCUT2D eigenvalue weighted by molar-refractivity contribution is 0.142. The Hall–Kier alpha value is -1.67. The lowest BCUT2D eigenvalue weighted by atomic mass is 9.96. The molecular weight excluding hydrogens is 215 g/mol. The zero-order valence-electron chi connectivity index (χ0n) is 9.73. The Balaban J connectivity index is 2.52. The second-order valence-electron chi connectivity index (χ2n) is 4.13. The Morgan fingerprint density at radius 2 is 1.88 bits per heavy atom. The van der Waals surface area contributed by atoms with Crippen molar-refractivity contribution in [3.8, 4) is 11.1 Å². The quantitative estimate of drug-likeness (QED) is 0.853. The van der Waals surface area contributed by atoms with Crippen LogP contribution in [0.2, 0.25) is 0 Å². The highest BCUT2D eigenvalue weighted by Gasteiger charge is 2.12. The van der Waals surface area contributed by atoms with Crippen molar-refractivity contribution < 1.29 is 9.50 Å². The van der Waals surface area contributed by atoms with Gasteiger partial charge in [-0.1, -0.05) is 54.1 Å². The first kappa shape index (κ1) is 11.8.